The average molecular weight is 383 g/mol. The van der Waals surface area contributed by atoms with Crippen LogP contribution in [0.25, 0.3) is 0 Å². The molecule has 8 heteroatoms. The van der Waals surface area contributed by atoms with E-state index in [4.69, 9.17) is 4.42 Å². The van der Waals surface area contributed by atoms with Gasteiger partial charge in [-0.05, 0) is 30.7 Å². The number of nitrogens with zero attached hydrogens (tertiary/aromatic N) is 2. The van der Waals surface area contributed by atoms with E-state index in [1.807, 2.05) is 19.1 Å². The second-order valence-electron chi connectivity index (χ2n) is 5.94. The highest BCUT2D eigenvalue weighted by atomic mass is 32.2. The molecule has 25 heavy (non-hydrogen) atoms. The molecule has 0 aliphatic carbocycles. The van der Waals surface area contributed by atoms with Gasteiger partial charge in [-0.1, -0.05) is 6.92 Å². The smallest absolute Gasteiger partial charge is 0.252 e. The fraction of sp³-hybridized carbons (Fsp3) is 0.471. The summed E-state index contributed by atoms with van der Waals surface area (Å²) in [7, 11) is -3.45. The maximum Gasteiger partial charge on any atom is 0.252 e. The van der Waals surface area contributed by atoms with Gasteiger partial charge >= 0.3 is 0 Å². The van der Waals surface area contributed by atoms with Crippen LogP contribution in [0.3, 0.4) is 0 Å². The molecule has 136 valence electrons. The summed E-state index contributed by atoms with van der Waals surface area (Å²) in [4.78, 5) is 15.1. The lowest BCUT2D eigenvalue weighted by molar-refractivity contribution is -0.132. The Morgan fingerprint density at radius 3 is 2.56 bits per heavy atom. The van der Waals surface area contributed by atoms with E-state index in [1.165, 1.54) is 15.6 Å². The highest BCUT2D eigenvalue weighted by Gasteiger charge is 2.30. The second-order valence-corrected chi connectivity index (χ2v) is 9.27. The van der Waals surface area contributed by atoms with Crippen LogP contribution in [0.1, 0.15) is 24.0 Å². The molecule has 1 saturated heterocycles. The second kappa shape index (κ2) is 7.72. The first-order chi connectivity index (χ1) is 12.0. The molecule has 0 N–H and O–H groups in total. The zero-order valence-corrected chi connectivity index (χ0v) is 15.8. The van der Waals surface area contributed by atoms with Gasteiger partial charge in [0.05, 0.1) is 6.26 Å². The Morgan fingerprint density at radius 1 is 1.20 bits per heavy atom. The number of piperazine rings is 1. The average Bonchev–Trinajstić information content (AvgIpc) is 3.31. The molecule has 1 aliphatic heterocycles. The number of carbonyl (C=O) groups excluding carboxylic acids is 1. The molecule has 1 amide bonds. The monoisotopic (exact) mass is 382 g/mol. The van der Waals surface area contributed by atoms with Crippen LogP contribution in [0, 0.1) is 0 Å². The number of carbonyl (C=O) groups is 1. The Morgan fingerprint density at radius 2 is 1.96 bits per heavy atom. The van der Waals surface area contributed by atoms with Crippen LogP contribution < -0.4 is 0 Å². The molecule has 6 nitrogen and oxygen atoms in total. The van der Waals surface area contributed by atoms with Gasteiger partial charge in [0.15, 0.2) is 0 Å². The maximum atomic E-state index is 12.7. The van der Waals surface area contributed by atoms with Crippen LogP contribution in [0.15, 0.2) is 39.2 Å². The van der Waals surface area contributed by atoms with Crippen LogP contribution in [0.2, 0.25) is 0 Å². The van der Waals surface area contributed by atoms with E-state index >= 15 is 0 Å². The fourth-order valence-electron chi connectivity index (χ4n) is 2.84. The van der Waals surface area contributed by atoms with Gasteiger partial charge in [0.25, 0.3) is 10.0 Å². The number of sulfonamides is 1. The van der Waals surface area contributed by atoms with Crippen LogP contribution in [-0.2, 0) is 27.7 Å². The quantitative estimate of drug-likeness (QED) is 0.769. The summed E-state index contributed by atoms with van der Waals surface area (Å²) < 4.78 is 32.5. The number of rotatable bonds is 6. The lowest BCUT2D eigenvalue weighted by Gasteiger charge is -2.33. The van der Waals surface area contributed by atoms with Crippen molar-refractivity contribution in [3.63, 3.8) is 0 Å². The van der Waals surface area contributed by atoms with Gasteiger partial charge in [-0.25, -0.2) is 8.42 Å². The maximum absolute atomic E-state index is 12.7. The summed E-state index contributed by atoms with van der Waals surface area (Å²) in [5, 5.41) is 0. The van der Waals surface area contributed by atoms with Crippen LogP contribution >= 0.6 is 11.3 Å². The zero-order chi connectivity index (χ0) is 17.9. The third-order valence-electron chi connectivity index (χ3n) is 4.34. The highest BCUT2D eigenvalue weighted by Crippen LogP contribution is 2.26. The van der Waals surface area contributed by atoms with E-state index in [0.717, 1.165) is 17.1 Å². The number of thiophene rings is 1. The van der Waals surface area contributed by atoms with Crippen molar-refractivity contribution in [3.8, 4) is 0 Å². The molecule has 1 fully saturated rings. The Bertz CT molecular complexity index is 804. The van der Waals surface area contributed by atoms with Crippen LogP contribution in [0.5, 0.6) is 0 Å². The molecule has 0 aromatic carbocycles. The van der Waals surface area contributed by atoms with E-state index in [9.17, 15) is 13.2 Å². The summed E-state index contributed by atoms with van der Waals surface area (Å²) >= 11 is 1.33. The standard InChI is InChI=1S/C17H22N2O4S2/c1-2-15-6-8-17(24-15)25(21,22)19-11-9-18(10-12-19)16(20)7-5-14-4-3-13-23-14/h3-4,6,8,13H,2,5,7,9-12H2,1H3. The van der Waals surface area contributed by atoms with E-state index in [-0.39, 0.29) is 5.91 Å². The zero-order valence-electron chi connectivity index (χ0n) is 14.2. The molecule has 2 aromatic heterocycles. The van der Waals surface area contributed by atoms with Gasteiger partial charge < -0.3 is 9.32 Å². The molecule has 0 unspecified atom stereocenters. The first-order valence-corrected chi connectivity index (χ1v) is 10.7. The Labute approximate surface area is 152 Å². The van der Waals surface area contributed by atoms with Crippen molar-refractivity contribution in [1.29, 1.82) is 0 Å². The van der Waals surface area contributed by atoms with Crippen LogP contribution in [-0.4, -0.2) is 49.7 Å². The van der Waals surface area contributed by atoms with Crippen molar-refractivity contribution in [2.24, 2.45) is 0 Å². The predicted molar refractivity (Wildman–Crippen MR) is 96.1 cm³/mol. The molecule has 3 rings (SSSR count). The molecule has 0 saturated carbocycles. The molecular formula is C17H22N2O4S2. The number of furan rings is 1. The van der Waals surface area contributed by atoms with Crippen molar-refractivity contribution < 1.29 is 17.6 Å². The molecule has 2 aromatic rings. The number of amides is 1. The minimum Gasteiger partial charge on any atom is -0.469 e. The molecule has 0 atom stereocenters. The van der Waals surface area contributed by atoms with Crippen molar-refractivity contribution in [3.05, 3.63) is 41.2 Å². The van der Waals surface area contributed by atoms with Gasteiger partial charge in [-0.3, -0.25) is 4.79 Å². The molecule has 0 bridgehead atoms. The fourth-order valence-corrected chi connectivity index (χ4v) is 5.71. The lowest BCUT2D eigenvalue weighted by atomic mass is 10.2. The Hall–Kier alpha value is -1.64. The van der Waals surface area contributed by atoms with Gasteiger partial charge in [0.1, 0.15) is 9.97 Å². The third-order valence-corrected chi connectivity index (χ3v) is 7.93. The van der Waals surface area contributed by atoms with E-state index in [2.05, 4.69) is 0 Å². The SMILES string of the molecule is CCc1ccc(S(=O)(=O)N2CCN(C(=O)CCc3ccco3)CC2)s1. The number of hydrogen-bond acceptors (Lipinski definition) is 5. The predicted octanol–water partition coefficient (Wildman–Crippen LogP) is 2.37. The molecule has 0 radical (unpaired) electrons. The summed E-state index contributed by atoms with van der Waals surface area (Å²) in [6.45, 7) is 3.56. The molecule has 3 heterocycles. The third kappa shape index (κ3) is 4.13. The first-order valence-electron chi connectivity index (χ1n) is 8.39. The van der Waals surface area contributed by atoms with E-state index in [0.29, 0.717) is 43.2 Å². The van der Waals surface area contributed by atoms with Crippen molar-refractivity contribution >= 4 is 27.3 Å². The largest absolute Gasteiger partial charge is 0.469 e. The highest BCUT2D eigenvalue weighted by molar-refractivity contribution is 7.91. The minimum absolute atomic E-state index is 0.0397. The minimum atomic E-state index is -3.45. The van der Waals surface area contributed by atoms with Gasteiger partial charge in [0, 0.05) is 43.9 Å². The van der Waals surface area contributed by atoms with Gasteiger partial charge in [-0.2, -0.15) is 4.31 Å². The van der Waals surface area contributed by atoms with Crippen molar-refractivity contribution in [2.45, 2.75) is 30.4 Å². The summed E-state index contributed by atoms with van der Waals surface area (Å²) in [5.74, 6) is 0.830. The van der Waals surface area contributed by atoms with Gasteiger partial charge in [0.2, 0.25) is 5.91 Å². The van der Waals surface area contributed by atoms with Crippen molar-refractivity contribution in [1.82, 2.24) is 9.21 Å². The summed E-state index contributed by atoms with van der Waals surface area (Å²) in [6.07, 6.45) is 3.38. The normalized spacial score (nSPS) is 16.3. The number of hydrogen-bond donors (Lipinski definition) is 0. The number of aryl methyl sites for hydroxylation is 2. The summed E-state index contributed by atoms with van der Waals surface area (Å²) in [6, 6.07) is 7.20. The van der Waals surface area contributed by atoms with E-state index < -0.39 is 10.0 Å². The Kier molecular flexibility index (Phi) is 5.61. The molecular weight excluding hydrogens is 360 g/mol. The Balaban J connectivity index is 1.54. The molecule has 0 spiro atoms. The topological polar surface area (TPSA) is 70.8 Å². The van der Waals surface area contributed by atoms with Gasteiger partial charge in [-0.15, -0.1) is 11.3 Å². The van der Waals surface area contributed by atoms with E-state index in [1.54, 1.807) is 23.3 Å². The first kappa shape index (κ1) is 18.2. The lowest BCUT2D eigenvalue weighted by Crippen LogP contribution is -2.50. The molecule has 1 aliphatic rings. The summed E-state index contributed by atoms with van der Waals surface area (Å²) in [5.41, 5.74) is 0. The van der Waals surface area contributed by atoms with Crippen molar-refractivity contribution in [2.75, 3.05) is 26.2 Å². The van der Waals surface area contributed by atoms with Crippen LogP contribution in [0.4, 0.5) is 0 Å².